The molecule has 1 unspecified atom stereocenters. The molecule has 3 nitrogen and oxygen atoms in total. The van der Waals surface area contributed by atoms with Gasteiger partial charge >= 0.3 is 5.97 Å². The number of benzene rings is 1. The summed E-state index contributed by atoms with van der Waals surface area (Å²) in [6, 6.07) is 5.61. The molecule has 0 amide bonds. The first kappa shape index (κ1) is 13.9. The highest BCUT2D eigenvalue weighted by Gasteiger charge is 2.24. The maximum absolute atomic E-state index is 10.7. The van der Waals surface area contributed by atoms with Crippen LogP contribution < -0.4 is 4.90 Å². The van der Waals surface area contributed by atoms with Crippen LogP contribution in [-0.4, -0.2) is 24.2 Å². The fraction of sp³-hybridized carbons (Fsp3) is 0.400. The quantitative estimate of drug-likeness (QED) is 0.855. The number of halogens is 1. The van der Waals surface area contributed by atoms with Crippen LogP contribution >= 0.6 is 11.6 Å². The van der Waals surface area contributed by atoms with Crippen LogP contribution in [0.1, 0.15) is 25.3 Å². The van der Waals surface area contributed by atoms with E-state index in [1.165, 1.54) is 12.8 Å². The highest BCUT2D eigenvalue weighted by molar-refractivity contribution is 6.33. The Bertz CT molecular complexity index is 499. The number of nitrogens with zero attached hydrogens (tertiary/aromatic N) is 1. The second-order valence-electron chi connectivity index (χ2n) is 4.86. The van der Waals surface area contributed by atoms with Crippen LogP contribution in [0, 0.1) is 5.92 Å². The van der Waals surface area contributed by atoms with E-state index in [2.05, 4.69) is 11.8 Å². The van der Waals surface area contributed by atoms with Crippen LogP contribution in [0.25, 0.3) is 6.08 Å². The van der Waals surface area contributed by atoms with Gasteiger partial charge in [-0.15, -0.1) is 0 Å². The van der Waals surface area contributed by atoms with Crippen molar-refractivity contribution in [1.82, 2.24) is 0 Å². The predicted molar refractivity (Wildman–Crippen MR) is 78.7 cm³/mol. The predicted octanol–water partition coefficient (Wildman–Crippen LogP) is 3.67. The number of hydrogen-bond donors (Lipinski definition) is 1. The first-order chi connectivity index (χ1) is 9.11. The van der Waals surface area contributed by atoms with Gasteiger partial charge in [-0.2, -0.15) is 0 Å². The van der Waals surface area contributed by atoms with Crippen LogP contribution in [0.5, 0.6) is 0 Å². The number of carbonyl (C=O) groups is 1. The lowest BCUT2D eigenvalue weighted by atomic mass is 10.1. The second-order valence-corrected chi connectivity index (χ2v) is 5.27. The number of rotatable bonds is 4. The summed E-state index contributed by atoms with van der Waals surface area (Å²) in [5.41, 5.74) is 1.82. The van der Waals surface area contributed by atoms with Gasteiger partial charge in [-0.25, -0.2) is 4.79 Å². The fourth-order valence-electron chi connectivity index (χ4n) is 2.53. The van der Waals surface area contributed by atoms with Gasteiger partial charge in [-0.3, -0.25) is 0 Å². The summed E-state index contributed by atoms with van der Waals surface area (Å²) >= 11 is 6.29. The van der Waals surface area contributed by atoms with Crippen molar-refractivity contribution in [2.75, 3.05) is 18.0 Å². The number of hydrogen-bond acceptors (Lipinski definition) is 2. The maximum atomic E-state index is 10.7. The minimum Gasteiger partial charge on any atom is -0.478 e. The molecular weight excluding hydrogens is 262 g/mol. The lowest BCUT2D eigenvalue weighted by Crippen LogP contribution is -2.20. The van der Waals surface area contributed by atoms with Crippen molar-refractivity contribution >= 4 is 29.3 Å². The Kier molecular flexibility index (Phi) is 4.48. The van der Waals surface area contributed by atoms with Crippen molar-refractivity contribution in [1.29, 1.82) is 0 Å². The van der Waals surface area contributed by atoms with Crippen LogP contribution in [0.3, 0.4) is 0 Å². The summed E-state index contributed by atoms with van der Waals surface area (Å²) in [7, 11) is 0. The lowest BCUT2D eigenvalue weighted by Gasteiger charge is -2.22. The van der Waals surface area contributed by atoms with Crippen LogP contribution in [0.15, 0.2) is 24.3 Å². The molecule has 1 aromatic carbocycles. The Morgan fingerprint density at radius 3 is 3.00 bits per heavy atom. The van der Waals surface area contributed by atoms with Gasteiger partial charge in [-0.1, -0.05) is 37.1 Å². The molecule has 2 rings (SSSR count). The topological polar surface area (TPSA) is 40.5 Å². The molecule has 19 heavy (non-hydrogen) atoms. The van der Waals surface area contributed by atoms with Crippen molar-refractivity contribution in [3.8, 4) is 0 Å². The zero-order valence-corrected chi connectivity index (χ0v) is 11.7. The molecule has 0 saturated carbocycles. The Balaban J connectivity index is 2.30. The minimum absolute atomic E-state index is 0.685. The van der Waals surface area contributed by atoms with Gasteiger partial charge in [0.15, 0.2) is 0 Å². The van der Waals surface area contributed by atoms with E-state index in [1.54, 1.807) is 6.08 Å². The van der Waals surface area contributed by atoms with Gasteiger partial charge in [0, 0.05) is 19.2 Å². The minimum atomic E-state index is -0.946. The summed E-state index contributed by atoms with van der Waals surface area (Å²) in [4.78, 5) is 12.9. The van der Waals surface area contributed by atoms with E-state index in [0.29, 0.717) is 10.9 Å². The lowest BCUT2D eigenvalue weighted by molar-refractivity contribution is -0.131. The third-order valence-electron chi connectivity index (χ3n) is 3.60. The number of anilines is 1. The highest BCUT2D eigenvalue weighted by atomic mass is 35.5. The Morgan fingerprint density at radius 1 is 1.58 bits per heavy atom. The third kappa shape index (κ3) is 3.29. The molecule has 0 spiro atoms. The Hall–Kier alpha value is -1.48. The zero-order valence-electron chi connectivity index (χ0n) is 11.0. The monoisotopic (exact) mass is 279 g/mol. The van der Waals surface area contributed by atoms with Gasteiger partial charge in [0.25, 0.3) is 0 Å². The molecule has 0 aliphatic carbocycles. The third-order valence-corrected chi connectivity index (χ3v) is 3.91. The van der Waals surface area contributed by atoms with E-state index < -0.39 is 5.97 Å². The molecule has 0 aromatic heterocycles. The summed E-state index contributed by atoms with van der Waals surface area (Å²) < 4.78 is 0. The maximum Gasteiger partial charge on any atom is 0.328 e. The first-order valence-electron chi connectivity index (χ1n) is 6.56. The molecule has 1 saturated heterocycles. The van der Waals surface area contributed by atoms with Gasteiger partial charge in [-0.05, 0) is 30.0 Å². The second kappa shape index (κ2) is 6.11. The normalized spacial score (nSPS) is 19.3. The number of carboxylic acids is 1. The number of para-hydroxylation sites is 1. The summed E-state index contributed by atoms with van der Waals surface area (Å²) in [6.07, 6.45) is 5.11. The zero-order chi connectivity index (χ0) is 13.8. The summed E-state index contributed by atoms with van der Waals surface area (Å²) in [5, 5.41) is 9.43. The first-order valence-corrected chi connectivity index (χ1v) is 6.94. The molecule has 1 aromatic rings. The van der Waals surface area contributed by atoms with Gasteiger partial charge in [0.05, 0.1) is 10.7 Å². The molecule has 1 heterocycles. The molecule has 1 aliphatic rings. The molecule has 4 heteroatoms. The van der Waals surface area contributed by atoms with E-state index in [-0.39, 0.29) is 0 Å². The molecule has 0 bridgehead atoms. The largest absolute Gasteiger partial charge is 0.478 e. The molecule has 1 atom stereocenters. The van der Waals surface area contributed by atoms with Crippen LogP contribution in [-0.2, 0) is 4.79 Å². The molecule has 1 fully saturated rings. The molecule has 1 N–H and O–H groups in total. The van der Waals surface area contributed by atoms with E-state index >= 15 is 0 Å². The number of carboxylic acid groups (broad SMARTS) is 1. The average Bonchev–Trinajstić information content (AvgIpc) is 2.84. The smallest absolute Gasteiger partial charge is 0.328 e. The molecular formula is C15H18ClNO2. The van der Waals surface area contributed by atoms with E-state index in [1.807, 2.05) is 18.2 Å². The Labute approximate surface area is 118 Å². The van der Waals surface area contributed by atoms with Crippen molar-refractivity contribution in [2.24, 2.45) is 5.92 Å². The molecule has 0 radical (unpaired) electrons. The van der Waals surface area contributed by atoms with E-state index in [0.717, 1.165) is 30.4 Å². The Morgan fingerprint density at radius 2 is 2.37 bits per heavy atom. The molecule has 1 aliphatic heterocycles. The van der Waals surface area contributed by atoms with E-state index in [4.69, 9.17) is 16.7 Å². The fourth-order valence-corrected chi connectivity index (χ4v) is 2.83. The van der Waals surface area contributed by atoms with Crippen molar-refractivity contribution in [3.63, 3.8) is 0 Å². The van der Waals surface area contributed by atoms with E-state index in [9.17, 15) is 4.79 Å². The molecule has 102 valence electrons. The van der Waals surface area contributed by atoms with Gasteiger partial charge in [0.1, 0.15) is 0 Å². The van der Waals surface area contributed by atoms with Gasteiger partial charge in [0.2, 0.25) is 0 Å². The SMILES string of the molecule is CCC1CCN(c2c(Cl)cccc2/C=C/C(=O)O)C1. The van der Waals surface area contributed by atoms with Crippen LogP contribution in [0.2, 0.25) is 5.02 Å². The van der Waals surface area contributed by atoms with Crippen molar-refractivity contribution < 1.29 is 9.90 Å². The van der Waals surface area contributed by atoms with Crippen molar-refractivity contribution in [2.45, 2.75) is 19.8 Å². The standard InChI is InChI=1S/C15H18ClNO2/c1-2-11-8-9-17(10-11)15-12(6-7-14(18)19)4-3-5-13(15)16/h3-7,11H,2,8-10H2,1H3,(H,18,19)/b7-6+. The summed E-state index contributed by atoms with van der Waals surface area (Å²) in [6.45, 7) is 4.18. The van der Waals surface area contributed by atoms with Crippen LogP contribution in [0.4, 0.5) is 5.69 Å². The van der Waals surface area contributed by atoms with Gasteiger partial charge < -0.3 is 10.0 Å². The number of aliphatic carboxylic acids is 1. The summed E-state index contributed by atoms with van der Waals surface area (Å²) in [5.74, 6) is -0.244. The average molecular weight is 280 g/mol. The van der Waals surface area contributed by atoms with Crippen molar-refractivity contribution in [3.05, 3.63) is 34.9 Å². The highest BCUT2D eigenvalue weighted by Crippen LogP contribution is 2.35.